The average Bonchev–Trinajstić information content (AvgIpc) is 2.70. The highest BCUT2D eigenvalue weighted by Gasteiger charge is 2.27. The highest BCUT2D eigenvalue weighted by Crippen LogP contribution is 2.15. The molecule has 5 heteroatoms. The molecule has 0 spiro atoms. The van der Waals surface area contributed by atoms with Gasteiger partial charge in [0.05, 0.1) is 0 Å². The van der Waals surface area contributed by atoms with E-state index in [9.17, 15) is 14.0 Å². The van der Waals surface area contributed by atoms with Crippen molar-refractivity contribution < 1.29 is 14.0 Å². The maximum atomic E-state index is 13.2. The van der Waals surface area contributed by atoms with Crippen molar-refractivity contribution in [3.63, 3.8) is 0 Å². The van der Waals surface area contributed by atoms with Gasteiger partial charge in [0.15, 0.2) is 0 Å². The number of hydrogen-bond acceptors (Lipinski definition) is 2. The van der Waals surface area contributed by atoms with E-state index >= 15 is 0 Å². The lowest BCUT2D eigenvalue weighted by Gasteiger charge is -2.11. The molecule has 2 rings (SSSR count). The van der Waals surface area contributed by atoms with Gasteiger partial charge in [0.25, 0.3) is 0 Å². The van der Waals surface area contributed by atoms with Crippen LogP contribution in [0.5, 0.6) is 0 Å². The minimum Gasteiger partial charge on any atom is -0.344 e. The fraction of sp³-hybridized carbons (Fsp3) is 0.333. The van der Waals surface area contributed by atoms with Crippen LogP contribution in [0.15, 0.2) is 18.2 Å². The molecule has 0 aromatic heterocycles. The Labute approximate surface area is 98.2 Å². The van der Waals surface area contributed by atoms with Gasteiger partial charge in [-0.1, -0.05) is 6.07 Å². The summed E-state index contributed by atoms with van der Waals surface area (Å²) in [5.41, 5.74) is 0.927. The lowest BCUT2D eigenvalue weighted by Crippen LogP contribution is -2.37. The normalized spacial score (nSPS) is 18.9. The topological polar surface area (TPSA) is 58.2 Å². The molecule has 0 saturated carbocycles. The van der Waals surface area contributed by atoms with Crippen molar-refractivity contribution in [2.45, 2.75) is 25.8 Å². The Hall–Kier alpha value is -1.91. The van der Waals surface area contributed by atoms with Crippen LogP contribution in [-0.2, 0) is 9.59 Å². The summed E-state index contributed by atoms with van der Waals surface area (Å²) in [6.45, 7) is 1.65. The van der Waals surface area contributed by atoms with Gasteiger partial charge in [-0.05, 0) is 31.0 Å². The second-order valence-electron chi connectivity index (χ2n) is 4.11. The molecule has 1 aromatic carbocycles. The standard InChI is InChI=1S/C12H13FN2O2/c1-7-2-3-8(6-9(7)13)14-12(17)10-4-5-11(16)15-10/h2-3,6,10H,4-5H2,1H3,(H,14,17)(H,15,16)/t10-/m0/s1. The summed E-state index contributed by atoms with van der Waals surface area (Å²) in [7, 11) is 0. The van der Waals surface area contributed by atoms with Gasteiger partial charge in [-0.25, -0.2) is 4.39 Å². The SMILES string of the molecule is Cc1ccc(NC(=O)[C@@H]2CCC(=O)N2)cc1F. The molecule has 0 radical (unpaired) electrons. The van der Waals surface area contributed by atoms with E-state index in [0.29, 0.717) is 24.1 Å². The molecule has 1 fully saturated rings. The Kier molecular flexibility index (Phi) is 3.08. The minimum absolute atomic E-state index is 0.125. The predicted octanol–water partition coefficient (Wildman–Crippen LogP) is 1.35. The Morgan fingerprint density at radius 3 is 2.88 bits per heavy atom. The number of nitrogens with one attached hydrogen (secondary N) is 2. The van der Waals surface area contributed by atoms with E-state index in [2.05, 4.69) is 10.6 Å². The first-order valence-corrected chi connectivity index (χ1v) is 5.42. The highest BCUT2D eigenvalue weighted by molar-refractivity contribution is 5.98. The zero-order valence-corrected chi connectivity index (χ0v) is 9.42. The monoisotopic (exact) mass is 236 g/mol. The predicted molar refractivity (Wildman–Crippen MR) is 60.9 cm³/mol. The van der Waals surface area contributed by atoms with Crippen molar-refractivity contribution in [1.82, 2.24) is 5.32 Å². The van der Waals surface area contributed by atoms with Crippen molar-refractivity contribution in [3.8, 4) is 0 Å². The van der Waals surface area contributed by atoms with Crippen molar-refractivity contribution in [3.05, 3.63) is 29.6 Å². The molecule has 1 heterocycles. The van der Waals surface area contributed by atoms with Crippen LogP contribution in [0.25, 0.3) is 0 Å². The van der Waals surface area contributed by atoms with Crippen LogP contribution in [0.3, 0.4) is 0 Å². The van der Waals surface area contributed by atoms with Crippen LogP contribution >= 0.6 is 0 Å². The maximum Gasteiger partial charge on any atom is 0.246 e. The fourth-order valence-corrected chi connectivity index (χ4v) is 1.71. The Bertz CT molecular complexity index is 474. The number of benzene rings is 1. The first-order chi connectivity index (χ1) is 8.06. The van der Waals surface area contributed by atoms with Gasteiger partial charge in [0.2, 0.25) is 11.8 Å². The number of halogens is 1. The van der Waals surface area contributed by atoms with E-state index in [0.717, 1.165) is 0 Å². The molecular formula is C12H13FN2O2. The van der Waals surface area contributed by atoms with Crippen LogP contribution in [0.1, 0.15) is 18.4 Å². The molecule has 1 aliphatic rings. The van der Waals surface area contributed by atoms with Gasteiger partial charge in [-0.15, -0.1) is 0 Å². The van der Waals surface area contributed by atoms with Crippen molar-refractivity contribution in [2.75, 3.05) is 5.32 Å². The third kappa shape index (κ3) is 2.61. The summed E-state index contributed by atoms with van der Waals surface area (Å²) >= 11 is 0. The summed E-state index contributed by atoms with van der Waals surface area (Å²) in [5.74, 6) is -0.794. The molecule has 17 heavy (non-hydrogen) atoms. The molecule has 0 unspecified atom stereocenters. The largest absolute Gasteiger partial charge is 0.344 e. The third-order valence-corrected chi connectivity index (χ3v) is 2.75. The van der Waals surface area contributed by atoms with Crippen LogP contribution in [0, 0.1) is 12.7 Å². The molecule has 0 bridgehead atoms. The first kappa shape index (κ1) is 11.6. The number of amides is 2. The quantitative estimate of drug-likeness (QED) is 0.814. The molecule has 4 nitrogen and oxygen atoms in total. The van der Waals surface area contributed by atoms with Crippen LogP contribution in [0.2, 0.25) is 0 Å². The molecule has 1 aromatic rings. The van der Waals surface area contributed by atoms with E-state index in [4.69, 9.17) is 0 Å². The number of carbonyl (C=O) groups is 2. The second kappa shape index (κ2) is 4.53. The molecule has 1 aliphatic heterocycles. The van der Waals surface area contributed by atoms with Crippen LogP contribution in [0.4, 0.5) is 10.1 Å². The van der Waals surface area contributed by atoms with Crippen LogP contribution < -0.4 is 10.6 Å². The van der Waals surface area contributed by atoms with Crippen LogP contribution in [-0.4, -0.2) is 17.9 Å². The van der Waals surface area contributed by atoms with E-state index in [1.165, 1.54) is 6.07 Å². The molecule has 90 valence electrons. The molecular weight excluding hydrogens is 223 g/mol. The number of hydrogen-bond donors (Lipinski definition) is 2. The van der Waals surface area contributed by atoms with E-state index in [1.807, 2.05) is 0 Å². The zero-order valence-electron chi connectivity index (χ0n) is 9.42. The Morgan fingerprint density at radius 1 is 1.53 bits per heavy atom. The lowest BCUT2D eigenvalue weighted by atomic mass is 10.2. The Balaban J connectivity index is 2.03. The number of carbonyl (C=O) groups excluding carboxylic acids is 2. The number of anilines is 1. The zero-order chi connectivity index (χ0) is 12.4. The lowest BCUT2D eigenvalue weighted by molar-refractivity contribution is -0.122. The average molecular weight is 236 g/mol. The fourth-order valence-electron chi connectivity index (χ4n) is 1.71. The molecule has 2 amide bonds. The van der Waals surface area contributed by atoms with E-state index < -0.39 is 6.04 Å². The second-order valence-corrected chi connectivity index (χ2v) is 4.11. The van der Waals surface area contributed by atoms with Gasteiger partial charge in [-0.3, -0.25) is 9.59 Å². The minimum atomic E-state index is -0.508. The summed E-state index contributed by atoms with van der Waals surface area (Å²) in [6.07, 6.45) is 0.847. The summed E-state index contributed by atoms with van der Waals surface area (Å²) in [5, 5.41) is 5.13. The van der Waals surface area contributed by atoms with Gasteiger partial charge in [0.1, 0.15) is 11.9 Å². The maximum absolute atomic E-state index is 13.2. The molecule has 1 saturated heterocycles. The smallest absolute Gasteiger partial charge is 0.246 e. The van der Waals surface area contributed by atoms with Gasteiger partial charge in [-0.2, -0.15) is 0 Å². The van der Waals surface area contributed by atoms with Gasteiger partial charge < -0.3 is 10.6 Å². The molecule has 0 aliphatic carbocycles. The van der Waals surface area contributed by atoms with E-state index in [1.54, 1.807) is 19.1 Å². The highest BCUT2D eigenvalue weighted by atomic mass is 19.1. The summed E-state index contributed by atoms with van der Waals surface area (Å²) in [4.78, 5) is 22.7. The van der Waals surface area contributed by atoms with Crippen molar-refractivity contribution >= 4 is 17.5 Å². The first-order valence-electron chi connectivity index (χ1n) is 5.42. The number of aryl methyl sites for hydroxylation is 1. The van der Waals surface area contributed by atoms with Gasteiger partial charge in [0, 0.05) is 12.1 Å². The Morgan fingerprint density at radius 2 is 2.29 bits per heavy atom. The van der Waals surface area contributed by atoms with Gasteiger partial charge >= 0.3 is 0 Å². The molecule has 1 atom stereocenters. The van der Waals surface area contributed by atoms with Crippen molar-refractivity contribution in [2.24, 2.45) is 0 Å². The van der Waals surface area contributed by atoms with E-state index in [-0.39, 0.29) is 17.6 Å². The summed E-state index contributed by atoms with van der Waals surface area (Å²) < 4.78 is 13.2. The van der Waals surface area contributed by atoms with Crippen molar-refractivity contribution in [1.29, 1.82) is 0 Å². The molecule has 2 N–H and O–H groups in total. The third-order valence-electron chi connectivity index (χ3n) is 2.75. The number of rotatable bonds is 2. The summed E-state index contributed by atoms with van der Waals surface area (Å²) in [6, 6.07) is 3.99.